The van der Waals surface area contributed by atoms with Crippen LogP contribution in [0.1, 0.15) is 28.8 Å². The molecule has 0 amide bonds. The van der Waals surface area contributed by atoms with Crippen LogP contribution >= 0.6 is 0 Å². The summed E-state index contributed by atoms with van der Waals surface area (Å²) < 4.78 is 29.2. The zero-order valence-corrected chi connectivity index (χ0v) is 14.5. The van der Waals surface area contributed by atoms with Crippen molar-refractivity contribution in [3.8, 4) is 11.1 Å². The van der Waals surface area contributed by atoms with E-state index in [0.29, 0.717) is 5.56 Å². The molecule has 0 bridgehead atoms. The highest BCUT2D eigenvalue weighted by molar-refractivity contribution is 6.03. The first-order valence-electron chi connectivity index (χ1n) is 8.33. The smallest absolute Gasteiger partial charge is 0.303 e. The number of aromatic amines is 1. The highest BCUT2D eigenvalue weighted by atomic mass is 19.2. The molecule has 8 heteroatoms. The Labute approximate surface area is 157 Å². The summed E-state index contributed by atoms with van der Waals surface area (Å²) in [4.78, 5) is 37.5. The molecule has 1 heterocycles. The number of H-pyrrole nitrogens is 1. The summed E-state index contributed by atoms with van der Waals surface area (Å²) >= 11 is 0. The Balaban J connectivity index is 2.30. The largest absolute Gasteiger partial charge is 0.481 e. The minimum absolute atomic E-state index is 0.0291. The first-order chi connectivity index (χ1) is 13.3. The number of rotatable bonds is 6. The molecular weight excluding hydrogens is 372 g/mol. The van der Waals surface area contributed by atoms with E-state index in [1.54, 1.807) is 30.3 Å². The van der Waals surface area contributed by atoms with Crippen LogP contribution in [-0.2, 0) is 11.4 Å². The highest BCUT2D eigenvalue weighted by Crippen LogP contribution is 2.32. The normalized spacial score (nSPS) is 11.0. The highest BCUT2D eigenvalue weighted by Gasteiger charge is 2.24. The number of fused-ring (bicyclic) bond motifs is 1. The molecule has 0 aliphatic heterocycles. The van der Waals surface area contributed by atoms with E-state index in [4.69, 9.17) is 5.11 Å². The third-order valence-corrected chi connectivity index (χ3v) is 4.39. The van der Waals surface area contributed by atoms with Gasteiger partial charge in [0, 0.05) is 22.9 Å². The van der Waals surface area contributed by atoms with Crippen LogP contribution < -0.4 is 5.56 Å². The van der Waals surface area contributed by atoms with Crippen molar-refractivity contribution >= 4 is 22.7 Å². The second-order valence-corrected chi connectivity index (χ2v) is 6.12. The van der Waals surface area contributed by atoms with Crippen LogP contribution in [0, 0.1) is 11.6 Å². The maximum atomic E-state index is 14.6. The summed E-state index contributed by atoms with van der Waals surface area (Å²) in [5, 5.41) is 18.4. The summed E-state index contributed by atoms with van der Waals surface area (Å²) in [6.45, 7) is -0.784. The molecule has 0 fully saturated rings. The molecule has 0 saturated heterocycles. The maximum absolute atomic E-state index is 14.6. The first-order valence-corrected chi connectivity index (χ1v) is 8.33. The fourth-order valence-corrected chi connectivity index (χ4v) is 3.07. The number of carbonyl (C=O) groups is 2. The Hall–Kier alpha value is -3.39. The van der Waals surface area contributed by atoms with Gasteiger partial charge >= 0.3 is 5.97 Å². The van der Waals surface area contributed by atoms with Crippen molar-refractivity contribution < 1.29 is 28.6 Å². The number of aliphatic carboxylic acids is 1. The Kier molecular flexibility index (Phi) is 5.32. The Bertz CT molecular complexity index is 1140. The number of aromatic nitrogens is 1. The molecule has 1 aromatic heterocycles. The molecule has 144 valence electrons. The SMILES string of the molecule is O=C(O)CCC(=O)c1c(CO)c2cc(-c3ccccc3)c(F)c(F)c2[nH]c1=O. The number of aliphatic hydroxyl groups excluding tert-OH is 1. The van der Waals surface area contributed by atoms with Crippen LogP contribution in [0.3, 0.4) is 0 Å². The maximum Gasteiger partial charge on any atom is 0.303 e. The molecule has 6 nitrogen and oxygen atoms in total. The second-order valence-electron chi connectivity index (χ2n) is 6.12. The van der Waals surface area contributed by atoms with Gasteiger partial charge in [0.1, 0.15) is 0 Å². The number of carboxylic acid groups (broad SMARTS) is 1. The molecule has 3 aromatic rings. The fraction of sp³-hybridized carbons (Fsp3) is 0.150. The van der Waals surface area contributed by atoms with Gasteiger partial charge in [-0.15, -0.1) is 0 Å². The van der Waals surface area contributed by atoms with Gasteiger partial charge < -0.3 is 15.2 Å². The first kappa shape index (κ1) is 19.4. The monoisotopic (exact) mass is 387 g/mol. The minimum Gasteiger partial charge on any atom is -0.481 e. The standard InChI is InChI=1S/C20H15F2NO5/c21-17-11(10-4-2-1-3-5-10)8-12-13(9-24)16(14(25)6-7-15(26)27)20(28)23-19(12)18(17)22/h1-5,8,24H,6-7,9H2,(H,23,28)(H,26,27). The summed E-state index contributed by atoms with van der Waals surface area (Å²) in [7, 11) is 0. The van der Waals surface area contributed by atoms with Crippen molar-refractivity contribution in [2.75, 3.05) is 0 Å². The van der Waals surface area contributed by atoms with Crippen LogP contribution in [0.5, 0.6) is 0 Å². The number of hydrogen-bond donors (Lipinski definition) is 3. The van der Waals surface area contributed by atoms with Gasteiger partial charge in [0.25, 0.3) is 5.56 Å². The predicted octanol–water partition coefficient (Wildman–Crippen LogP) is 3.01. The second kappa shape index (κ2) is 7.69. The molecule has 0 radical (unpaired) electrons. The molecule has 0 aliphatic carbocycles. The molecule has 3 N–H and O–H groups in total. The molecule has 0 saturated carbocycles. The number of carboxylic acids is 1. The van der Waals surface area contributed by atoms with E-state index in [-0.39, 0.29) is 16.5 Å². The topological polar surface area (TPSA) is 107 Å². The van der Waals surface area contributed by atoms with E-state index >= 15 is 0 Å². The zero-order valence-electron chi connectivity index (χ0n) is 14.5. The van der Waals surface area contributed by atoms with Gasteiger partial charge in [0.2, 0.25) is 0 Å². The van der Waals surface area contributed by atoms with Crippen LogP contribution in [0.25, 0.3) is 22.0 Å². The number of pyridine rings is 1. The van der Waals surface area contributed by atoms with Gasteiger partial charge in [-0.3, -0.25) is 14.4 Å². The lowest BCUT2D eigenvalue weighted by atomic mass is 9.95. The molecule has 2 aromatic carbocycles. The van der Waals surface area contributed by atoms with Crippen molar-refractivity contribution in [2.24, 2.45) is 0 Å². The van der Waals surface area contributed by atoms with Gasteiger partial charge in [-0.25, -0.2) is 8.78 Å². The Morgan fingerprint density at radius 3 is 2.32 bits per heavy atom. The molecule has 0 atom stereocenters. The average Bonchev–Trinajstić information content (AvgIpc) is 2.69. The fourth-order valence-electron chi connectivity index (χ4n) is 3.07. The lowest BCUT2D eigenvalue weighted by Crippen LogP contribution is -2.22. The summed E-state index contributed by atoms with van der Waals surface area (Å²) in [6, 6.07) is 9.35. The molecule has 28 heavy (non-hydrogen) atoms. The minimum atomic E-state index is -1.31. The van der Waals surface area contributed by atoms with Crippen LogP contribution in [0.15, 0.2) is 41.2 Å². The molecule has 0 unspecified atom stereocenters. The summed E-state index contributed by atoms with van der Waals surface area (Å²) in [5.74, 6) is -4.52. The van der Waals surface area contributed by atoms with Gasteiger partial charge in [0.15, 0.2) is 17.4 Å². The van der Waals surface area contributed by atoms with Crippen LogP contribution in [0.2, 0.25) is 0 Å². The van der Waals surface area contributed by atoms with Gasteiger partial charge in [-0.05, 0) is 11.6 Å². The van der Waals surface area contributed by atoms with Crippen molar-refractivity contribution in [1.29, 1.82) is 0 Å². The van der Waals surface area contributed by atoms with Crippen molar-refractivity contribution in [3.63, 3.8) is 0 Å². The lowest BCUT2D eigenvalue weighted by molar-refractivity contribution is -0.136. The third kappa shape index (κ3) is 3.41. The number of ketones is 1. The van der Waals surface area contributed by atoms with Crippen LogP contribution in [0.4, 0.5) is 8.78 Å². The Morgan fingerprint density at radius 2 is 1.71 bits per heavy atom. The summed E-state index contributed by atoms with van der Waals surface area (Å²) in [6.07, 6.45) is -0.972. The predicted molar refractivity (Wildman–Crippen MR) is 97.0 cm³/mol. The lowest BCUT2D eigenvalue weighted by Gasteiger charge is -2.13. The van der Waals surface area contributed by atoms with Crippen molar-refractivity contribution in [2.45, 2.75) is 19.4 Å². The average molecular weight is 387 g/mol. The molecule has 3 rings (SSSR count). The number of hydrogen-bond acceptors (Lipinski definition) is 4. The van der Waals surface area contributed by atoms with E-state index in [1.807, 2.05) is 0 Å². The van der Waals surface area contributed by atoms with E-state index in [1.165, 1.54) is 6.07 Å². The van der Waals surface area contributed by atoms with E-state index < -0.39 is 59.5 Å². The number of benzene rings is 2. The number of aliphatic hydroxyl groups is 1. The Morgan fingerprint density at radius 1 is 1.04 bits per heavy atom. The van der Waals surface area contributed by atoms with Gasteiger partial charge in [-0.2, -0.15) is 0 Å². The van der Waals surface area contributed by atoms with Crippen molar-refractivity contribution in [1.82, 2.24) is 4.98 Å². The van der Waals surface area contributed by atoms with Gasteiger partial charge in [0.05, 0.1) is 24.1 Å². The summed E-state index contributed by atoms with van der Waals surface area (Å²) in [5.41, 5.74) is -1.85. The zero-order chi connectivity index (χ0) is 20.4. The number of nitrogens with one attached hydrogen (secondary N) is 1. The molecular formula is C20H15F2NO5. The molecule has 0 aliphatic rings. The molecule has 0 spiro atoms. The van der Waals surface area contributed by atoms with Crippen molar-refractivity contribution in [3.05, 3.63) is 69.5 Å². The number of carbonyl (C=O) groups excluding carboxylic acids is 1. The van der Waals surface area contributed by atoms with Crippen LogP contribution in [-0.4, -0.2) is 26.9 Å². The van der Waals surface area contributed by atoms with E-state index in [2.05, 4.69) is 4.98 Å². The van der Waals surface area contributed by atoms with Gasteiger partial charge in [-0.1, -0.05) is 30.3 Å². The van der Waals surface area contributed by atoms with E-state index in [9.17, 15) is 28.3 Å². The number of Topliss-reactive ketones (excluding diaryl/α,β-unsaturated/α-hetero) is 1. The number of halogens is 2. The third-order valence-electron chi connectivity index (χ3n) is 4.39. The quantitative estimate of drug-likeness (QED) is 0.564. The van der Waals surface area contributed by atoms with E-state index in [0.717, 1.165) is 0 Å².